The maximum Gasteiger partial charge on any atom is 0.136 e. The molecule has 1 heterocycles. The number of hydrogen-bond acceptors (Lipinski definition) is 1. The Kier molecular flexibility index (Phi) is 2.06. The van der Waals surface area contributed by atoms with Crippen LogP contribution in [0.1, 0.15) is 23.5 Å². The second-order valence-corrected chi connectivity index (χ2v) is 6.39. The molecule has 0 amide bonds. The third kappa shape index (κ3) is 2.55. The van der Waals surface area contributed by atoms with Crippen LogP contribution in [0.15, 0.2) is 89.1 Å². The van der Waals surface area contributed by atoms with Crippen LogP contribution in [-0.4, -0.2) is 0 Å². The molecule has 0 atom stereocenters. The molecule has 130 valence electrons. The molecule has 0 bridgehead atoms. The molecule has 5 aromatic rings. The lowest BCUT2D eigenvalue weighted by molar-refractivity contribution is 0.669. The predicted octanol–water partition coefficient (Wildman–Crippen LogP) is 7.54. The highest BCUT2D eigenvalue weighted by atomic mass is 16.3. The van der Waals surface area contributed by atoms with Gasteiger partial charge in [-0.3, -0.25) is 0 Å². The van der Waals surface area contributed by atoms with Gasteiger partial charge in [0.15, 0.2) is 0 Å². The number of rotatable bonds is 2. The largest absolute Gasteiger partial charge is 0.456 e. The van der Waals surface area contributed by atoms with Crippen molar-refractivity contribution < 1.29 is 16.8 Å². The van der Waals surface area contributed by atoms with E-state index in [1.165, 1.54) is 0 Å². The van der Waals surface area contributed by atoms with Gasteiger partial charge < -0.3 is 4.42 Å². The Morgan fingerprint density at radius 3 is 2.33 bits per heavy atom. The summed E-state index contributed by atoms with van der Waals surface area (Å²) in [6, 6.07) is 5.96. The van der Waals surface area contributed by atoms with Crippen molar-refractivity contribution in [1.82, 2.24) is 0 Å². The molecule has 1 aromatic heterocycles. The summed E-state index contributed by atoms with van der Waals surface area (Å²) >= 11 is 0. The molecule has 0 radical (unpaired) electrons. The topological polar surface area (TPSA) is 13.1 Å². The lowest BCUT2D eigenvalue weighted by atomic mass is 9.93. The average Bonchev–Trinajstić information content (AvgIpc) is 3.25. The molecule has 4 aromatic carbocycles. The molecular formula is C26H20O. The Hall–Kier alpha value is -3.32. The molecule has 1 nitrogen and oxygen atoms in total. The first-order valence-corrected chi connectivity index (χ1v) is 8.56. The molecule has 0 spiro atoms. The van der Waals surface area contributed by atoms with E-state index in [4.69, 9.17) is 16.8 Å². The number of benzene rings is 4. The molecule has 0 saturated carbocycles. The van der Waals surface area contributed by atoms with E-state index < -0.39 is 18.1 Å². The van der Waals surface area contributed by atoms with E-state index in [-0.39, 0.29) is 47.4 Å². The van der Waals surface area contributed by atoms with Gasteiger partial charge in [0, 0.05) is 10.8 Å². The third-order valence-electron chi connectivity index (χ3n) is 4.71. The number of furan rings is 1. The summed E-state index contributed by atoms with van der Waals surface area (Å²) in [5.74, 6) is 0. The Balaban J connectivity index is 1.93. The van der Waals surface area contributed by atoms with Crippen molar-refractivity contribution in [1.29, 1.82) is 0 Å². The molecular weight excluding hydrogens is 328 g/mol. The van der Waals surface area contributed by atoms with E-state index in [9.17, 15) is 0 Å². The summed E-state index contributed by atoms with van der Waals surface area (Å²) in [5, 5.41) is 1.19. The van der Waals surface area contributed by atoms with Gasteiger partial charge in [-0.2, -0.15) is 0 Å². The van der Waals surface area contributed by atoms with E-state index in [1.807, 2.05) is 0 Å². The minimum absolute atomic E-state index is 0.00194. The van der Waals surface area contributed by atoms with Crippen molar-refractivity contribution in [3.8, 4) is 22.3 Å². The molecule has 0 saturated heterocycles. The van der Waals surface area contributed by atoms with Gasteiger partial charge >= 0.3 is 0 Å². The lowest BCUT2D eigenvalue weighted by Crippen LogP contribution is -1.86. The second-order valence-electron chi connectivity index (χ2n) is 6.39. The molecule has 0 aliphatic rings. The van der Waals surface area contributed by atoms with E-state index in [2.05, 4.69) is 0 Å². The number of fused-ring (bicyclic) bond motifs is 3. The molecule has 0 unspecified atom stereocenters. The zero-order valence-electron chi connectivity index (χ0n) is 23.8. The van der Waals surface area contributed by atoms with Gasteiger partial charge in [0.1, 0.15) is 11.2 Å². The molecule has 0 aliphatic carbocycles. The van der Waals surface area contributed by atoms with Crippen molar-refractivity contribution in [3.63, 3.8) is 0 Å². The summed E-state index contributed by atoms with van der Waals surface area (Å²) in [6.07, 6.45) is 0. The maximum absolute atomic E-state index is 8.59. The summed E-state index contributed by atoms with van der Waals surface area (Å²) in [7, 11) is 0. The van der Waals surface area contributed by atoms with Crippen LogP contribution >= 0.6 is 0 Å². The second kappa shape index (κ2) is 6.14. The van der Waals surface area contributed by atoms with Gasteiger partial charge in [-0.15, -0.1) is 0 Å². The highest BCUT2D eigenvalue weighted by molar-refractivity contribution is 6.15. The number of hydrogen-bond donors (Lipinski definition) is 0. The van der Waals surface area contributed by atoms with E-state index in [1.54, 1.807) is 44.2 Å². The van der Waals surface area contributed by atoms with Gasteiger partial charge in [-0.25, -0.2) is 0 Å². The SMILES string of the molecule is [2H]c1c([2H])c([2H])c(-c2cccc3oc4ccc(-c5c([2H])c([2H])c([2H])c(C)c5[2H])c(C)c4c23)c([2H])c1[2H]. The first-order valence-electron chi connectivity index (χ1n) is 13.1. The first kappa shape index (κ1) is 9.05. The fourth-order valence-electron chi connectivity index (χ4n) is 3.51. The predicted molar refractivity (Wildman–Crippen MR) is 114 cm³/mol. The third-order valence-corrected chi connectivity index (χ3v) is 4.71. The molecule has 0 N–H and O–H groups in total. The smallest absolute Gasteiger partial charge is 0.136 e. The molecule has 5 rings (SSSR count). The average molecular weight is 357 g/mol. The Labute approximate surface area is 171 Å². The molecule has 1 heteroatoms. The standard InChI is InChI=1S/C26H20O/c1-17-8-6-11-20(16-17)21-14-15-24-25(18(21)2)26-22(12-7-13-23(26)27-24)19-9-4-3-5-10-19/h3-16H,1-2H3/i3D,4D,5D,6D,8D,9D,10D,11D,16D. The molecule has 0 fully saturated rings. The van der Waals surface area contributed by atoms with Crippen molar-refractivity contribution in [3.05, 3.63) is 95.8 Å². The zero-order valence-corrected chi connectivity index (χ0v) is 14.8. The van der Waals surface area contributed by atoms with Gasteiger partial charge in [0.05, 0.1) is 12.3 Å². The Morgan fingerprint density at radius 1 is 0.704 bits per heavy atom. The highest BCUT2D eigenvalue weighted by Gasteiger charge is 2.16. The quantitative estimate of drug-likeness (QED) is 0.318. The van der Waals surface area contributed by atoms with Crippen LogP contribution < -0.4 is 0 Å². The molecule has 27 heavy (non-hydrogen) atoms. The summed E-state index contributed by atoms with van der Waals surface area (Å²) in [5.41, 5.74) is 3.18. The van der Waals surface area contributed by atoms with Crippen molar-refractivity contribution in [2.75, 3.05) is 0 Å². The number of aryl methyl sites for hydroxylation is 1. The highest BCUT2D eigenvalue weighted by Crippen LogP contribution is 2.40. The van der Waals surface area contributed by atoms with Crippen LogP contribution in [-0.2, 0) is 0 Å². The summed E-state index contributed by atoms with van der Waals surface area (Å²) < 4.78 is 80.5. The minimum Gasteiger partial charge on any atom is -0.456 e. The van der Waals surface area contributed by atoms with E-state index in [0.29, 0.717) is 44.2 Å². The van der Waals surface area contributed by atoms with Crippen molar-refractivity contribution in [2.24, 2.45) is 0 Å². The van der Waals surface area contributed by atoms with E-state index >= 15 is 0 Å². The van der Waals surface area contributed by atoms with Gasteiger partial charge in [-0.1, -0.05) is 78.1 Å². The summed E-state index contributed by atoms with van der Waals surface area (Å²) in [4.78, 5) is 0. The minimum atomic E-state index is -0.471. The summed E-state index contributed by atoms with van der Waals surface area (Å²) in [6.45, 7) is 3.39. The Morgan fingerprint density at radius 2 is 1.48 bits per heavy atom. The van der Waals surface area contributed by atoms with Crippen LogP contribution in [0.25, 0.3) is 44.2 Å². The molecule has 0 aliphatic heterocycles. The maximum atomic E-state index is 8.59. The van der Waals surface area contributed by atoms with Crippen LogP contribution in [0.2, 0.25) is 0 Å². The van der Waals surface area contributed by atoms with Gasteiger partial charge in [0.25, 0.3) is 0 Å². The zero-order chi connectivity index (χ0) is 26.2. The van der Waals surface area contributed by atoms with Crippen molar-refractivity contribution in [2.45, 2.75) is 13.8 Å². The van der Waals surface area contributed by atoms with E-state index in [0.717, 1.165) is 0 Å². The van der Waals surface area contributed by atoms with Crippen LogP contribution in [0, 0.1) is 13.8 Å². The fraction of sp³-hybridized carbons (Fsp3) is 0.0769. The van der Waals surface area contributed by atoms with Crippen molar-refractivity contribution >= 4 is 21.9 Å². The van der Waals surface area contributed by atoms with Crippen LogP contribution in [0.3, 0.4) is 0 Å². The lowest BCUT2D eigenvalue weighted by Gasteiger charge is -2.09. The van der Waals surface area contributed by atoms with Crippen LogP contribution in [0.5, 0.6) is 0 Å². The monoisotopic (exact) mass is 357 g/mol. The van der Waals surface area contributed by atoms with Gasteiger partial charge in [-0.05, 0) is 53.8 Å². The van der Waals surface area contributed by atoms with Gasteiger partial charge in [0.2, 0.25) is 0 Å². The Bertz CT molecular complexity index is 1690. The van der Waals surface area contributed by atoms with Crippen LogP contribution in [0.4, 0.5) is 0 Å². The first-order chi connectivity index (χ1) is 17.0. The fourth-order valence-corrected chi connectivity index (χ4v) is 3.51. The normalized spacial score (nSPS) is 16.0.